The number of aryl methyl sites for hydroxylation is 1. The van der Waals surface area contributed by atoms with Crippen LogP contribution in [0.5, 0.6) is 0 Å². The number of hydrogen-bond acceptors (Lipinski definition) is 5. The van der Waals surface area contributed by atoms with E-state index in [9.17, 15) is 44.3 Å². The van der Waals surface area contributed by atoms with Crippen LogP contribution in [0.15, 0.2) is 18.2 Å². The molecule has 1 fully saturated rings. The molecule has 1 saturated heterocycles. The van der Waals surface area contributed by atoms with Crippen LogP contribution in [0.4, 0.5) is 31.1 Å². The Bertz CT molecular complexity index is 1010. The third-order valence-electron chi connectivity index (χ3n) is 4.76. The molecular formula is C20H25F6N3O5S. The maximum Gasteiger partial charge on any atom is 0.416 e. The van der Waals surface area contributed by atoms with E-state index in [0.717, 1.165) is 4.31 Å². The molecule has 2 amide bonds. The van der Waals surface area contributed by atoms with E-state index in [1.54, 1.807) is 25.5 Å². The van der Waals surface area contributed by atoms with E-state index in [2.05, 4.69) is 0 Å². The van der Waals surface area contributed by atoms with Gasteiger partial charge in [0.15, 0.2) is 0 Å². The van der Waals surface area contributed by atoms with Gasteiger partial charge in [0.25, 0.3) is 0 Å². The molecule has 0 bridgehead atoms. The molecule has 1 aromatic rings. The number of piperazine rings is 1. The van der Waals surface area contributed by atoms with Crippen molar-refractivity contribution in [3.05, 3.63) is 34.9 Å². The molecule has 0 aliphatic carbocycles. The minimum absolute atomic E-state index is 0.00549. The third kappa shape index (κ3) is 8.56. The minimum atomic E-state index is -5.04. The second kappa shape index (κ2) is 10.2. The van der Waals surface area contributed by atoms with E-state index < -0.39 is 69.7 Å². The highest BCUT2D eigenvalue weighted by Crippen LogP contribution is 2.36. The number of halogens is 6. The van der Waals surface area contributed by atoms with Crippen LogP contribution < -0.4 is 4.72 Å². The SMILES string of the molecule is CC(C)(C)OC(=O)N1CCN(S(=O)(=O)NC(=O)CCc2cc(C(F)(F)F)cc(C(F)(F)F)c2)CC1. The molecule has 1 aliphatic rings. The summed E-state index contributed by atoms with van der Waals surface area (Å²) in [5.74, 6) is -1.11. The molecule has 8 nitrogen and oxygen atoms in total. The van der Waals surface area contributed by atoms with E-state index in [1.165, 1.54) is 4.90 Å². The minimum Gasteiger partial charge on any atom is -0.444 e. The molecule has 0 radical (unpaired) electrons. The lowest BCUT2D eigenvalue weighted by Gasteiger charge is -2.34. The fourth-order valence-electron chi connectivity index (χ4n) is 3.12. The number of rotatable bonds is 5. The molecular weight excluding hydrogens is 508 g/mol. The molecule has 0 unspecified atom stereocenters. The molecule has 35 heavy (non-hydrogen) atoms. The summed E-state index contributed by atoms with van der Waals surface area (Å²) < 4.78 is 110. The van der Waals surface area contributed by atoms with Gasteiger partial charge in [0, 0.05) is 32.6 Å². The van der Waals surface area contributed by atoms with Crippen molar-refractivity contribution in [1.29, 1.82) is 0 Å². The summed E-state index contributed by atoms with van der Waals surface area (Å²) >= 11 is 0. The average Bonchev–Trinajstić information content (AvgIpc) is 2.69. The Hall–Kier alpha value is -2.55. The zero-order valence-corrected chi connectivity index (χ0v) is 19.9. The standard InChI is InChI=1S/C20H25F6N3O5S/c1-18(2,3)34-17(31)28-6-8-29(9-7-28)35(32,33)27-16(30)5-4-13-10-14(19(21,22)23)12-15(11-13)20(24,25)26/h10-12H,4-9H2,1-3H3,(H,27,30). The van der Waals surface area contributed by atoms with Crippen molar-refractivity contribution in [3.63, 3.8) is 0 Å². The van der Waals surface area contributed by atoms with Crippen molar-refractivity contribution >= 4 is 22.2 Å². The highest BCUT2D eigenvalue weighted by molar-refractivity contribution is 7.87. The van der Waals surface area contributed by atoms with Gasteiger partial charge >= 0.3 is 28.7 Å². The fourth-order valence-corrected chi connectivity index (χ4v) is 4.28. The normalized spacial score (nSPS) is 16.2. The van der Waals surface area contributed by atoms with Gasteiger partial charge in [-0.2, -0.15) is 39.1 Å². The molecule has 198 valence electrons. The summed E-state index contributed by atoms with van der Waals surface area (Å²) in [6, 6.07) is 0.921. The van der Waals surface area contributed by atoms with E-state index in [0.29, 0.717) is 12.1 Å². The first-order valence-corrected chi connectivity index (χ1v) is 11.8. The summed E-state index contributed by atoms with van der Waals surface area (Å²) in [5, 5.41) is 0. The van der Waals surface area contributed by atoms with Crippen LogP contribution in [0, 0.1) is 0 Å². The van der Waals surface area contributed by atoms with Gasteiger partial charge < -0.3 is 9.64 Å². The number of benzene rings is 1. The summed E-state index contributed by atoms with van der Waals surface area (Å²) in [4.78, 5) is 25.5. The van der Waals surface area contributed by atoms with Gasteiger partial charge in [-0.1, -0.05) is 0 Å². The smallest absolute Gasteiger partial charge is 0.416 e. The molecule has 15 heteroatoms. The third-order valence-corrected chi connectivity index (χ3v) is 6.29. The summed E-state index contributed by atoms with van der Waals surface area (Å²) in [6.07, 6.45) is -11.9. The number of carbonyl (C=O) groups excluding carboxylic acids is 2. The molecule has 1 N–H and O–H groups in total. The predicted octanol–water partition coefficient (Wildman–Crippen LogP) is 3.57. The Morgan fingerprint density at radius 1 is 0.914 bits per heavy atom. The number of carbonyl (C=O) groups is 2. The second-order valence-corrected chi connectivity index (χ2v) is 10.5. The molecule has 0 saturated carbocycles. The van der Waals surface area contributed by atoms with E-state index in [-0.39, 0.29) is 32.2 Å². The molecule has 2 rings (SSSR count). The monoisotopic (exact) mass is 533 g/mol. The summed E-state index contributed by atoms with van der Waals surface area (Å²) in [7, 11) is -4.34. The fraction of sp³-hybridized carbons (Fsp3) is 0.600. The lowest BCUT2D eigenvalue weighted by molar-refractivity contribution is -0.143. The van der Waals surface area contributed by atoms with Crippen LogP contribution in [0.25, 0.3) is 0 Å². The Balaban J connectivity index is 1.99. The molecule has 0 spiro atoms. The molecule has 1 aromatic carbocycles. The van der Waals surface area contributed by atoms with Crippen LogP contribution in [-0.2, 0) is 38.5 Å². The second-order valence-electron chi connectivity index (χ2n) is 8.81. The average molecular weight is 533 g/mol. The largest absolute Gasteiger partial charge is 0.444 e. The van der Waals surface area contributed by atoms with Crippen LogP contribution >= 0.6 is 0 Å². The van der Waals surface area contributed by atoms with Crippen molar-refractivity contribution in [1.82, 2.24) is 13.9 Å². The first-order valence-electron chi connectivity index (χ1n) is 10.3. The van der Waals surface area contributed by atoms with Crippen molar-refractivity contribution in [2.45, 2.75) is 51.6 Å². The lowest BCUT2D eigenvalue weighted by atomic mass is 10.0. The summed E-state index contributed by atoms with van der Waals surface area (Å²) in [6.45, 7) is 4.71. The highest BCUT2D eigenvalue weighted by atomic mass is 32.2. The summed E-state index contributed by atoms with van der Waals surface area (Å²) in [5.41, 5.74) is -4.23. The number of amides is 2. The van der Waals surface area contributed by atoms with Gasteiger partial charge in [-0.05, 0) is 51.0 Å². The number of nitrogens with zero attached hydrogens (tertiary/aromatic N) is 2. The van der Waals surface area contributed by atoms with Gasteiger partial charge in [0.2, 0.25) is 5.91 Å². The van der Waals surface area contributed by atoms with E-state index in [1.807, 2.05) is 0 Å². The van der Waals surface area contributed by atoms with E-state index >= 15 is 0 Å². The Morgan fingerprint density at radius 2 is 1.40 bits per heavy atom. The maximum atomic E-state index is 13.0. The van der Waals surface area contributed by atoms with E-state index in [4.69, 9.17) is 4.74 Å². The van der Waals surface area contributed by atoms with Crippen LogP contribution in [-0.4, -0.2) is 61.4 Å². The molecule has 1 heterocycles. The van der Waals surface area contributed by atoms with Gasteiger partial charge in [-0.3, -0.25) is 4.79 Å². The first-order chi connectivity index (χ1) is 15.8. The zero-order chi connectivity index (χ0) is 26.8. The van der Waals surface area contributed by atoms with Crippen LogP contribution in [0.3, 0.4) is 0 Å². The van der Waals surface area contributed by atoms with Crippen LogP contribution in [0.2, 0.25) is 0 Å². The first kappa shape index (κ1) is 28.7. The zero-order valence-electron chi connectivity index (χ0n) is 19.1. The van der Waals surface area contributed by atoms with Gasteiger partial charge in [0.1, 0.15) is 5.60 Å². The number of nitrogens with one attached hydrogen (secondary N) is 1. The predicted molar refractivity (Wildman–Crippen MR) is 111 cm³/mol. The number of ether oxygens (including phenoxy) is 1. The van der Waals surface area contributed by atoms with Crippen molar-refractivity contribution < 1.29 is 49.1 Å². The molecule has 1 aliphatic heterocycles. The van der Waals surface area contributed by atoms with Gasteiger partial charge in [-0.15, -0.1) is 0 Å². The van der Waals surface area contributed by atoms with Crippen LogP contribution in [0.1, 0.15) is 43.9 Å². The Labute approximate surface area is 198 Å². The Morgan fingerprint density at radius 3 is 1.83 bits per heavy atom. The molecule has 0 aromatic heterocycles. The lowest BCUT2D eigenvalue weighted by Crippen LogP contribution is -2.54. The van der Waals surface area contributed by atoms with Crippen molar-refractivity contribution in [2.24, 2.45) is 0 Å². The number of alkyl halides is 6. The maximum absolute atomic E-state index is 13.0. The topological polar surface area (TPSA) is 96.0 Å². The molecule has 0 atom stereocenters. The quantitative estimate of drug-likeness (QED) is 0.584. The van der Waals surface area contributed by atoms with Gasteiger partial charge in [-0.25, -0.2) is 9.52 Å². The van der Waals surface area contributed by atoms with Gasteiger partial charge in [0.05, 0.1) is 11.1 Å². The Kier molecular flexibility index (Phi) is 8.37. The van der Waals surface area contributed by atoms with Crippen molar-refractivity contribution in [2.75, 3.05) is 26.2 Å². The highest BCUT2D eigenvalue weighted by Gasteiger charge is 2.37. The number of hydrogen-bond donors (Lipinski definition) is 1. The van der Waals surface area contributed by atoms with Crippen molar-refractivity contribution in [3.8, 4) is 0 Å².